The van der Waals surface area contributed by atoms with Crippen molar-refractivity contribution in [1.29, 1.82) is 0 Å². The first-order valence-corrected chi connectivity index (χ1v) is 17.5. The molecule has 2 atom stereocenters. The molecule has 0 bridgehead atoms. The van der Waals surface area contributed by atoms with Gasteiger partial charge in [-0.3, -0.25) is 0 Å². The highest BCUT2D eigenvalue weighted by atomic mass is 32.1. The fourth-order valence-electron chi connectivity index (χ4n) is 4.47. The summed E-state index contributed by atoms with van der Waals surface area (Å²) >= 11 is 2.11. The summed E-state index contributed by atoms with van der Waals surface area (Å²) in [5.74, 6) is 0.599. The van der Waals surface area contributed by atoms with Crippen molar-refractivity contribution in [2.24, 2.45) is 0 Å². The van der Waals surface area contributed by atoms with E-state index in [0.29, 0.717) is 89.1 Å². The van der Waals surface area contributed by atoms with Crippen LogP contribution in [0.4, 0.5) is 11.6 Å². The maximum Gasteiger partial charge on any atom is 0.331 e. The maximum atomic E-state index is 12.9. The number of nitrogens with zero attached hydrogens (tertiary/aromatic N) is 6. The van der Waals surface area contributed by atoms with Crippen LogP contribution >= 0.6 is 23.5 Å². The maximum absolute atomic E-state index is 12.9. The number of carbonyl (C=O) groups excluding carboxylic acids is 2. The first-order chi connectivity index (χ1) is 22.9. The summed E-state index contributed by atoms with van der Waals surface area (Å²) in [6, 6.07) is 0. The predicted octanol–water partition coefficient (Wildman–Crippen LogP) is 1.68. The van der Waals surface area contributed by atoms with Crippen molar-refractivity contribution in [3.8, 4) is 11.8 Å². The number of anilines is 2. The lowest BCUT2D eigenvalue weighted by atomic mass is 10.1. The molecule has 4 rings (SSSR count). The minimum Gasteiger partial charge on any atom is -0.470 e. The van der Waals surface area contributed by atoms with Gasteiger partial charge in [0.2, 0.25) is 11.6 Å². The second kappa shape index (κ2) is 18.0. The minimum atomic E-state index is -0.717. The van der Waals surface area contributed by atoms with Crippen LogP contribution in [0.5, 0.6) is 11.8 Å². The van der Waals surface area contributed by atoms with Gasteiger partial charge in [0.05, 0.1) is 49.9 Å². The molecule has 0 aromatic carbocycles. The zero-order chi connectivity index (χ0) is 34.6. The number of nitrogens with one attached hydrogen (secondary N) is 2. The predicted molar refractivity (Wildman–Crippen MR) is 181 cm³/mol. The summed E-state index contributed by atoms with van der Waals surface area (Å²) < 4.78 is 51.5. The summed E-state index contributed by atoms with van der Waals surface area (Å²) in [4.78, 5) is 29.8. The number of hydrogen-bond acceptors (Lipinski definition) is 18. The van der Waals surface area contributed by atoms with E-state index in [9.17, 15) is 9.59 Å². The average Bonchev–Trinajstić information content (AvgIpc) is 3.72. The van der Waals surface area contributed by atoms with Crippen LogP contribution in [-0.2, 0) is 28.5 Å². The smallest absolute Gasteiger partial charge is 0.331 e. The van der Waals surface area contributed by atoms with E-state index >= 15 is 0 Å². The van der Waals surface area contributed by atoms with Crippen molar-refractivity contribution < 1.29 is 38.0 Å². The van der Waals surface area contributed by atoms with Crippen molar-refractivity contribution in [1.82, 2.24) is 28.1 Å². The third kappa shape index (κ3) is 13.0. The summed E-state index contributed by atoms with van der Waals surface area (Å²) in [7, 11) is 0. The van der Waals surface area contributed by atoms with E-state index in [1.54, 1.807) is 0 Å². The van der Waals surface area contributed by atoms with Gasteiger partial charge in [-0.15, -0.1) is 8.75 Å². The van der Waals surface area contributed by atoms with E-state index in [2.05, 4.69) is 37.9 Å². The van der Waals surface area contributed by atoms with Crippen molar-refractivity contribution >= 4 is 47.0 Å². The van der Waals surface area contributed by atoms with Crippen molar-refractivity contribution in [3.05, 3.63) is 12.2 Å². The monoisotopic (exact) mass is 712 g/mol. The van der Waals surface area contributed by atoms with Crippen LogP contribution in [0.3, 0.4) is 0 Å². The first-order valence-electron chi connectivity index (χ1n) is 16.0. The van der Waals surface area contributed by atoms with E-state index in [1.165, 1.54) is 0 Å². The van der Waals surface area contributed by atoms with Crippen LogP contribution in [0.2, 0.25) is 0 Å². The second-order valence-corrected chi connectivity index (χ2v) is 14.4. The van der Waals surface area contributed by atoms with Crippen LogP contribution in [0.1, 0.15) is 41.5 Å². The van der Waals surface area contributed by atoms with Crippen LogP contribution in [-0.4, -0.2) is 132 Å². The zero-order valence-corrected chi connectivity index (χ0v) is 30.2. The van der Waals surface area contributed by atoms with E-state index in [1.807, 2.05) is 41.5 Å². The summed E-state index contributed by atoms with van der Waals surface area (Å²) in [5.41, 5.74) is -0.470. The highest BCUT2D eigenvalue weighted by Gasteiger charge is 2.25. The summed E-state index contributed by atoms with van der Waals surface area (Å²) in [5, 5.41) is 6.66. The fourth-order valence-corrected chi connectivity index (χ4v) is 5.51. The highest BCUT2D eigenvalue weighted by molar-refractivity contribution is 6.99. The van der Waals surface area contributed by atoms with Gasteiger partial charge in [0.25, 0.3) is 11.8 Å². The minimum absolute atomic E-state index is 0.0334. The Bertz CT molecular complexity index is 1220. The molecule has 0 amide bonds. The SMILES string of the molecule is CC(C)(C)NCC(COc1nsnc1N1CCOCC1)OC(=O)/C=C\C(=O)OC(CNC(C)(C)C)COc1nsnc1N1CCOCC1. The van der Waals surface area contributed by atoms with Gasteiger partial charge < -0.3 is 48.9 Å². The zero-order valence-electron chi connectivity index (χ0n) is 28.6. The van der Waals surface area contributed by atoms with Gasteiger partial charge in [-0.25, -0.2) is 9.59 Å². The van der Waals surface area contributed by atoms with Gasteiger partial charge in [0.1, 0.15) is 25.4 Å². The third-order valence-electron chi connectivity index (χ3n) is 6.96. The second-order valence-electron chi connectivity index (χ2n) is 13.3. The Morgan fingerprint density at radius 3 is 1.44 bits per heavy atom. The molecule has 0 radical (unpaired) electrons. The number of morpholine rings is 2. The Kier molecular flexibility index (Phi) is 14.1. The molecular formula is C30H48N8O8S2. The molecule has 2 aromatic rings. The molecule has 48 heavy (non-hydrogen) atoms. The van der Waals surface area contributed by atoms with Gasteiger partial charge in [-0.05, 0) is 41.5 Å². The number of carbonyl (C=O) groups is 2. The topological polar surface area (TPSA) is 172 Å². The molecule has 2 aromatic heterocycles. The molecule has 2 saturated heterocycles. The standard InChI is InChI=1S/C30H48N8O8S2/c1-29(2,3)31-17-21(19-43-27-25(33-47-35-27)37-9-13-41-14-10-37)45-23(39)7-8-24(40)46-22(18-32-30(4,5)6)20-44-28-26(34-48-36-28)38-11-15-42-16-12-38/h7-8,21-22,31-32H,9-20H2,1-6H3/b8-7-. The average molecular weight is 713 g/mol. The lowest BCUT2D eigenvalue weighted by Gasteiger charge is -2.27. The van der Waals surface area contributed by atoms with Crippen molar-refractivity contribution in [2.75, 3.05) is 88.7 Å². The van der Waals surface area contributed by atoms with Crippen molar-refractivity contribution in [3.63, 3.8) is 0 Å². The number of esters is 2. The molecule has 268 valence electrons. The molecule has 2 N–H and O–H groups in total. The molecule has 0 saturated carbocycles. The fraction of sp³-hybridized carbons (Fsp3) is 0.733. The van der Waals surface area contributed by atoms with E-state index in [4.69, 9.17) is 28.4 Å². The van der Waals surface area contributed by atoms with E-state index in [-0.39, 0.29) is 24.3 Å². The molecule has 18 heteroatoms. The first kappa shape index (κ1) is 37.7. The molecule has 4 heterocycles. The Labute approximate surface area is 290 Å². The lowest BCUT2D eigenvalue weighted by Crippen LogP contribution is -2.44. The Hall–Kier alpha value is -3.16. The Morgan fingerprint density at radius 1 is 0.708 bits per heavy atom. The van der Waals surface area contributed by atoms with E-state index in [0.717, 1.165) is 35.6 Å². The quantitative estimate of drug-likeness (QED) is 0.190. The van der Waals surface area contributed by atoms with E-state index < -0.39 is 24.1 Å². The van der Waals surface area contributed by atoms with Gasteiger partial charge >= 0.3 is 11.9 Å². The molecule has 2 fully saturated rings. The van der Waals surface area contributed by atoms with Crippen LogP contribution < -0.4 is 29.9 Å². The molecule has 0 spiro atoms. The van der Waals surface area contributed by atoms with Gasteiger partial charge in [0.15, 0.2) is 0 Å². The normalized spacial score (nSPS) is 17.3. The van der Waals surface area contributed by atoms with Crippen LogP contribution in [0.15, 0.2) is 12.2 Å². The van der Waals surface area contributed by atoms with Crippen LogP contribution in [0, 0.1) is 0 Å². The molecule has 2 aliphatic rings. The highest BCUT2D eigenvalue weighted by Crippen LogP contribution is 2.27. The number of aromatic nitrogens is 4. The summed E-state index contributed by atoms with van der Waals surface area (Å²) in [6.45, 7) is 17.9. The molecular weight excluding hydrogens is 665 g/mol. The Morgan fingerprint density at radius 2 is 1.08 bits per heavy atom. The lowest BCUT2D eigenvalue weighted by molar-refractivity contribution is -0.147. The van der Waals surface area contributed by atoms with Gasteiger partial charge in [-0.2, -0.15) is 8.75 Å². The summed E-state index contributed by atoms with van der Waals surface area (Å²) in [6.07, 6.45) is 0.736. The molecule has 16 nitrogen and oxygen atoms in total. The van der Waals surface area contributed by atoms with Gasteiger partial charge in [0, 0.05) is 62.5 Å². The Balaban J connectivity index is 1.33. The molecule has 0 aliphatic carbocycles. The largest absolute Gasteiger partial charge is 0.470 e. The van der Waals surface area contributed by atoms with Gasteiger partial charge in [-0.1, -0.05) is 0 Å². The van der Waals surface area contributed by atoms with Crippen molar-refractivity contribution in [2.45, 2.75) is 64.8 Å². The number of rotatable bonds is 16. The molecule has 2 aliphatic heterocycles. The van der Waals surface area contributed by atoms with Crippen LogP contribution in [0.25, 0.3) is 0 Å². The number of ether oxygens (including phenoxy) is 6. The molecule has 2 unspecified atom stereocenters. The third-order valence-corrected chi connectivity index (χ3v) is 7.96. The number of hydrogen-bond donors (Lipinski definition) is 2.